The number of para-hydroxylation sites is 1. The molecular weight excluding hydrogens is 459 g/mol. The van der Waals surface area contributed by atoms with Crippen molar-refractivity contribution in [1.82, 2.24) is 14.9 Å². The Morgan fingerprint density at radius 1 is 1.09 bits per heavy atom. The van der Waals surface area contributed by atoms with Gasteiger partial charge in [-0.25, -0.2) is 14.4 Å². The fourth-order valence-electron chi connectivity index (χ4n) is 4.13. The highest BCUT2D eigenvalue weighted by Crippen LogP contribution is 2.32. The van der Waals surface area contributed by atoms with Crippen molar-refractivity contribution in [2.75, 3.05) is 31.1 Å². The number of anilines is 1. The summed E-state index contributed by atoms with van der Waals surface area (Å²) in [6, 6.07) is 11.2. The van der Waals surface area contributed by atoms with Crippen molar-refractivity contribution in [3.63, 3.8) is 0 Å². The van der Waals surface area contributed by atoms with Crippen LogP contribution >= 0.6 is 12.4 Å². The molecule has 1 amide bonds. The molecule has 3 aromatic rings. The highest BCUT2D eigenvalue weighted by Gasteiger charge is 2.30. The number of phenols is 1. The number of aliphatic hydroxyl groups is 1. The third-order valence-corrected chi connectivity index (χ3v) is 5.76. The molecule has 0 saturated carbocycles. The predicted octanol–water partition coefficient (Wildman–Crippen LogP) is 4.01. The maximum absolute atomic E-state index is 14.1. The topological polar surface area (TPSA) is 89.8 Å². The molecule has 34 heavy (non-hydrogen) atoms. The SMILES string of the molecule is CC(C)(C)CC(O)C(=O)N1CCN(c2nc(-c3ccccc3O)nc3ccc(F)cc23)CC1.Cl. The largest absolute Gasteiger partial charge is 0.507 e. The fourth-order valence-corrected chi connectivity index (χ4v) is 4.13. The van der Waals surface area contributed by atoms with Crippen LogP contribution in [0.25, 0.3) is 22.3 Å². The molecule has 0 bridgehead atoms. The zero-order valence-electron chi connectivity index (χ0n) is 19.5. The van der Waals surface area contributed by atoms with Crippen LogP contribution in [0.5, 0.6) is 5.75 Å². The average molecular weight is 489 g/mol. The molecule has 1 aromatic heterocycles. The van der Waals surface area contributed by atoms with Gasteiger partial charge < -0.3 is 20.0 Å². The summed E-state index contributed by atoms with van der Waals surface area (Å²) in [5.74, 6) is 0.314. The van der Waals surface area contributed by atoms with Gasteiger partial charge in [0.05, 0.1) is 11.1 Å². The summed E-state index contributed by atoms with van der Waals surface area (Å²) >= 11 is 0. The molecule has 1 atom stereocenters. The fraction of sp³-hybridized carbons (Fsp3) is 0.400. The molecule has 1 unspecified atom stereocenters. The molecule has 1 fully saturated rings. The van der Waals surface area contributed by atoms with Crippen molar-refractivity contribution in [1.29, 1.82) is 0 Å². The lowest BCUT2D eigenvalue weighted by Crippen LogP contribution is -2.52. The van der Waals surface area contributed by atoms with E-state index in [0.717, 1.165) is 0 Å². The Hall–Kier alpha value is -2.97. The van der Waals surface area contributed by atoms with E-state index in [4.69, 9.17) is 0 Å². The van der Waals surface area contributed by atoms with Crippen molar-refractivity contribution in [3.05, 3.63) is 48.3 Å². The molecule has 2 heterocycles. The molecule has 0 spiro atoms. The van der Waals surface area contributed by atoms with Gasteiger partial charge in [-0.3, -0.25) is 4.79 Å². The van der Waals surface area contributed by atoms with Crippen LogP contribution in [-0.4, -0.2) is 63.3 Å². The first-order valence-electron chi connectivity index (χ1n) is 11.1. The van der Waals surface area contributed by atoms with E-state index < -0.39 is 6.10 Å². The smallest absolute Gasteiger partial charge is 0.251 e. The Bertz CT molecular complexity index is 1180. The Morgan fingerprint density at radius 2 is 1.76 bits per heavy atom. The van der Waals surface area contributed by atoms with Crippen LogP contribution in [0.2, 0.25) is 0 Å². The third kappa shape index (κ3) is 5.56. The van der Waals surface area contributed by atoms with Crippen LogP contribution in [0.15, 0.2) is 42.5 Å². The molecular formula is C25H30ClFN4O3. The van der Waals surface area contributed by atoms with Gasteiger partial charge in [0.1, 0.15) is 23.5 Å². The lowest BCUT2D eigenvalue weighted by Gasteiger charge is -2.37. The first kappa shape index (κ1) is 25.6. The van der Waals surface area contributed by atoms with Crippen LogP contribution in [0.1, 0.15) is 27.2 Å². The monoisotopic (exact) mass is 488 g/mol. The number of hydrogen-bond donors (Lipinski definition) is 2. The molecule has 1 saturated heterocycles. The Labute approximate surface area is 204 Å². The first-order valence-corrected chi connectivity index (χ1v) is 11.1. The van der Waals surface area contributed by atoms with Crippen molar-refractivity contribution < 1.29 is 19.4 Å². The summed E-state index contributed by atoms with van der Waals surface area (Å²) in [4.78, 5) is 25.6. The number of aromatic nitrogens is 2. The highest BCUT2D eigenvalue weighted by atomic mass is 35.5. The van der Waals surface area contributed by atoms with E-state index in [1.807, 2.05) is 25.7 Å². The van der Waals surface area contributed by atoms with Gasteiger partial charge in [-0.2, -0.15) is 0 Å². The van der Waals surface area contributed by atoms with Crippen molar-refractivity contribution in [3.8, 4) is 17.1 Å². The van der Waals surface area contributed by atoms with E-state index >= 15 is 0 Å². The molecule has 2 aromatic carbocycles. The number of phenolic OH excluding ortho intramolecular Hbond substituents is 1. The predicted molar refractivity (Wildman–Crippen MR) is 133 cm³/mol. The summed E-state index contributed by atoms with van der Waals surface area (Å²) in [5, 5.41) is 21.2. The number of carbonyl (C=O) groups is 1. The Morgan fingerprint density at radius 3 is 2.41 bits per heavy atom. The van der Waals surface area contributed by atoms with Crippen molar-refractivity contribution >= 4 is 35.0 Å². The number of fused-ring (bicyclic) bond motifs is 1. The van der Waals surface area contributed by atoms with Crippen LogP contribution < -0.4 is 4.90 Å². The minimum atomic E-state index is -1.03. The first-order chi connectivity index (χ1) is 15.6. The highest BCUT2D eigenvalue weighted by molar-refractivity contribution is 5.91. The number of carbonyl (C=O) groups excluding carboxylic acids is 1. The molecule has 2 N–H and O–H groups in total. The summed E-state index contributed by atoms with van der Waals surface area (Å²) in [7, 11) is 0. The zero-order chi connectivity index (χ0) is 23.8. The van der Waals surface area contributed by atoms with Crippen molar-refractivity contribution in [2.24, 2.45) is 5.41 Å². The standard InChI is InChI=1S/C25H29FN4O3.ClH/c1-25(2,3)15-21(32)24(33)30-12-10-29(11-13-30)23-18-14-16(26)8-9-19(18)27-22(28-23)17-6-4-5-7-20(17)31;/h4-9,14,21,31-32H,10-13,15H2,1-3H3;1H. The number of halogens is 2. The van der Waals surface area contributed by atoms with Gasteiger partial charge in [0.15, 0.2) is 5.82 Å². The second-order valence-electron chi connectivity index (χ2n) is 9.64. The zero-order valence-corrected chi connectivity index (χ0v) is 20.3. The molecule has 182 valence electrons. The minimum Gasteiger partial charge on any atom is -0.507 e. The molecule has 4 rings (SSSR count). The van der Waals surface area contributed by atoms with E-state index in [1.165, 1.54) is 12.1 Å². The van der Waals surface area contributed by atoms with E-state index in [9.17, 15) is 19.4 Å². The van der Waals surface area contributed by atoms with Gasteiger partial charge >= 0.3 is 0 Å². The van der Waals surface area contributed by atoms with Crippen LogP contribution in [-0.2, 0) is 4.79 Å². The van der Waals surface area contributed by atoms with Gasteiger partial charge in [-0.15, -0.1) is 12.4 Å². The molecule has 0 radical (unpaired) electrons. The van der Waals surface area contributed by atoms with Crippen LogP contribution in [0, 0.1) is 11.2 Å². The number of amides is 1. The Balaban J connectivity index is 0.00000324. The normalized spacial score (nSPS) is 15.2. The summed E-state index contributed by atoms with van der Waals surface area (Å²) in [6.45, 7) is 7.78. The van der Waals surface area contributed by atoms with Gasteiger partial charge in [0.2, 0.25) is 0 Å². The van der Waals surface area contributed by atoms with E-state index in [2.05, 4.69) is 9.97 Å². The second kappa shape index (κ2) is 10.1. The molecule has 9 heteroatoms. The quantitative estimate of drug-likeness (QED) is 0.576. The lowest BCUT2D eigenvalue weighted by atomic mass is 9.89. The lowest BCUT2D eigenvalue weighted by molar-refractivity contribution is -0.142. The summed E-state index contributed by atoms with van der Waals surface area (Å²) < 4.78 is 14.1. The van der Waals surface area contributed by atoms with E-state index in [1.54, 1.807) is 35.2 Å². The third-order valence-electron chi connectivity index (χ3n) is 5.76. The van der Waals surface area contributed by atoms with Gasteiger partial charge in [-0.1, -0.05) is 32.9 Å². The van der Waals surface area contributed by atoms with Crippen LogP contribution in [0.4, 0.5) is 10.2 Å². The molecule has 7 nitrogen and oxygen atoms in total. The van der Waals surface area contributed by atoms with Crippen LogP contribution in [0.3, 0.4) is 0 Å². The summed E-state index contributed by atoms with van der Waals surface area (Å²) in [6.07, 6.45) is -0.635. The number of aliphatic hydroxyl groups excluding tert-OH is 1. The number of rotatable bonds is 4. The number of nitrogens with zero attached hydrogens (tertiary/aromatic N) is 4. The average Bonchev–Trinajstić information content (AvgIpc) is 2.77. The number of hydrogen-bond acceptors (Lipinski definition) is 6. The van der Waals surface area contributed by atoms with Crippen molar-refractivity contribution in [2.45, 2.75) is 33.3 Å². The van der Waals surface area contributed by atoms with Gasteiger partial charge in [0, 0.05) is 31.6 Å². The maximum Gasteiger partial charge on any atom is 0.251 e. The van der Waals surface area contributed by atoms with Gasteiger partial charge in [0.25, 0.3) is 5.91 Å². The van der Waals surface area contributed by atoms with E-state index in [-0.39, 0.29) is 35.3 Å². The number of piperazine rings is 1. The minimum absolute atomic E-state index is 0. The Kier molecular flexibility index (Phi) is 7.63. The van der Waals surface area contributed by atoms with E-state index in [0.29, 0.717) is 60.7 Å². The summed E-state index contributed by atoms with van der Waals surface area (Å²) in [5.41, 5.74) is 0.906. The second-order valence-corrected chi connectivity index (χ2v) is 9.64. The number of aromatic hydroxyl groups is 1. The molecule has 1 aliphatic rings. The maximum atomic E-state index is 14.1. The van der Waals surface area contributed by atoms with Gasteiger partial charge in [-0.05, 0) is 42.2 Å². The number of benzene rings is 2. The molecule has 0 aliphatic carbocycles. The molecule has 1 aliphatic heterocycles.